The summed E-state index contributed by atoms with van der Waals surface area (Å²) in [6, 6.07) is 10.3. The third kappa shape index (κ3) is 4.63. The second-order valence-electron chi connectivity index (χ2n) is 7.13. The van der Waals surface area contributed by atoms with Gasteiger partial charge in [0.25, 0.3) is 0 Å². The summed E-state index contributed by atoms with van der Waals surface area (Å²) in [4.78, 5) is 14.6. The molecular formula is C19H26N4OS. The average Bonchev–Trinajstić information content (AvgIpc) is 2.93. The molecule has 1 aliphatic heterocycles. The number of rotatable bonds is 5. The maximum atomic E-state index is 12.6. The van der Waals surface area contributed by atoms with Crippen molar-refractivity contribution in [3.05, 3.63) is 41.7 Å². The minimum absolute atomic E-state index is 0.204. The molecule has 0 bridgehead atoms. The van der Waals surface area contributed by atoms with E-state index in [4.69, 9.17) is 0 Å². The summed E-state index contributed by atoms with van der Waals surface area (Å²) in [6.07, 6.45) is 1.21. The number of piperidine rings is 1. The van der Waals surface area contributed by atoms with Crippen molar-refractivity contribution in [2.75, 3.05) is 18.8 Å². The third-order valence-corrected chi connectivity index (χ3v) is 5.58. The van der Waals surface area contributed by atoms with Gasteiger partial charge < -0.3 is 9.47 Å². The highest BCUT2D eigenvalue weighted by Crippen LogP contribution is 2.23. The molecule has 0 radical (unpaired) electrons. The summed E-state index contributed by atoms with van der Waals surface area (Å²) in [5.41, 5.74) is 1.21. The van der Waals surface area contributed by atoms with Crippen molar-refractivity contribution in [1.82, 2.24) is 19.7 Å². The zero-order chi connectivity index (χ0) is 17.8. The fourth-order valence-corrected chi connectivity index (χ4v) is 4.39. The number of benzene rings is 1. The molecule has 1 fully saturated rings. The minimum Gasteiger partial charge on any atom is -0.341 e. The van der Waals surface area contributed by atoms with E-state index in [9.17, 15) is 4.79 Å². The number of nitrogens with zero attached hydrogens (tertiary/aromatic N) is 4. The lowest BCUT2D eigenvalue weighted by Crippen LogP contribution is -2.43. The molecule has 6 heteroatoms. The molecule has 0 N–H and O–H groups in total. The maximum absolute atomic E-state index is 12.6. The maximum Gasteiger partial charge on any atom is 0.233 e. The van der Waals surface area contributed by atoms with Crippen molar-refractivity contribution in [2.45, 2.75) is 38.9 Å². The quantitative estimate of drug-likeness (QED) is 0.770. The molecule has 0 spiro atoms. The molecule has 3 rings (SSSR count). The fourth-order valence-electron chi connectivity index (χ4n) is 3.50. The van der Waals surface area contributed by atoms with Crippen LogP contribution in [0.25, 0.3) is 0 Å². The predicted octanol–water partition coefficient (Wildman–Crippen LogP) is 3.23. The molecule has 1 saturated heterocycles. The highest BCUT2D eigenvalue weighted by molar-refractivity contribution is 7.99. The van der Waals surface area contributed by atoms with E-state index in [2.05, 4.69) is 40.7 Å². The second kappa shape index (κ2) is 8.04. The van der Waals surface area contributed by atoms with Crippen LogP contribution in [0, 0.1) is 18.8 Å². The smallest absolute Gasteiger partial charge is 0.233 e. The Morgan fingerprint density at radius 1 is 1.16 bits per heavy atom. The van der Waals surface area contributed by atoms with Crippen LogP contribution >= 0.6 is 11.8 Å². The van der Waals surface area contributed by atoms with Gasteiger partial charge in [0, 0.05) is 13.1 Å². The number of aryl methyl sites for hydroxylation is 1. The van der Waals surface area contributed by atoms with Crippen molar-refractivity contribution in [3.63, 3.8) is 0 Å². The summed E-state index contributed by atoms with van der Waals surface area (Å²) in [5.74, 6) is 2.67. The van der Waals surface area contributed by atoms with Gasteiger partial charge in [0.2, 0.25) is 5.91 Å². The summed E-state index contributed by atoms with van der Waals surface area (Å²) < 4.78 is 2.08. The zero-order valence-corrected chi connectivity index (χ0v) is 16.0. The van der Waals surface area contributed by atoms with Gasteiger partial charge in [-0.2, -0.15) is 0 Å². The number of hydrogen-bond acceptors (Lipinski definition) is 4. The summed E-state index contributed by atoms with van der Waals surface area (Å²) >= 11 is 1.49. The number of hydrogen-bond donors (Lipinski definition) is 0. The lowest BCUT2D eigenvalue weighted by Gasteiger charge is -2.34. The van der Waals surface area contributed by atoms with E-state index in [1.165, 1.54) is 23.7 Å². The first kappa shape index (κ1) is 18.0. The predicted molar refractivity (Wildman–Crippen MR) is 101 cm³/mol. The molecule has 0 saturated carbocycles. The second-order valence-corrected chi connectivity index (χ2v) is 8.08. The molecule has 2 atom stereocenters. The number of aromatic nitrogens is 3. The topological polar surface area (TPSA) is 51.0 Å². The summed E-state index contributed by atoms with van der Waals surface area (Å²) in [6.45, 7) is 8.88. The molecule has 1 aromatic heterocycles. The third-order valence-electron chi connectivity index (χ3n) is 4.63. The van der Waals surface area contributed by atoms with Crippen LogP contribution in [0.5, 0.6) is 0 Å². The first-order chi connectivity index (χ1) is 12.0. The van der Waals surface area contributed by atoms with E-state index >= 15 is 0 Å². The van der Waals surface area contributed by atoms with Gasteiger partial charge in [-0.15, -0.1) is 10.2 Å². The van der Waals surface area contributed by atoms with Gasteiger partial charge in [-0.3, -0.25) is 4.79 Å². The molecule has 5 nitrogen and oxygen atoms in total. The van der Waals surface area contributed by atoms with Crippen LogP contribution in [-0.4, -0.2) is 44.4 Å². The number of likely N-dealkylation sites (tertiary alicyclic amines) is 1. The van der Waals surface area contributed by atoms with Crippen LogP contribution in [0.1, 0.15) is 31.7 Å². The molecule has 1 amide bonds. The van der Waals surface area contributed by atoms with E-state index < -0.39 is 0 Å². The van der Waals surface area contributed by atoms with Crippen LogP contribution in [0.3, 0.4) is 0 Å². The fraction of sp³-hybridized carbons (Fsp3) is 0.526. The number of amides is 1. The van der Waals surface area contributed by atoms with Gasteiger partial charge in [-0.05, 0) is 30.7 Å². The normalized spacial score (nSPS) is 20.7. The Morgan fingerprint density at radius 3 is 2.52 bits per heavy atom. The van der Waals surface area contributed by atoms with Crippen molar-refractivity contribution in [2.24, 2.45) is 11.8 Å². The summed E-state index contributed by atoms with van der Waals surface area (Å²) in [7, 11) is 0. The standard InChI is InChI=1S/C19H26N4OS/c1-14-9-15(2)11-22(10-14)18(24)13-25-19-21-20-16(3)23(19)12-17-7-5-4-6-8-17/h4-8,14-15H,9-13H2,1-3H3/t14-,15-/m0/s1. The molecule has 25 heavy (non-hydrogen) atoms. The number of thioether (sulfide) groups is 1. The van der Waals surface area contributed by atoms with E-state index in [1.807, 2.05) is 30.0 Å². The lowest BCUT2D eigenvalue weighted by molar-refractivity contribution is -0.130. The van der Waals surface area contributed by atoms with Crippen molar-refractivity contribution < 1.29 is 4.79 Å². The van der Waals surface area contributed by atoms with Gasteiger partial charge in [0.05, 0.1) is 12.3 Å². The Balaban J connectivity index is 1.63. The minimum atomic E-state index is 0.204. The van der Waals surface area contributed by atoms with Crippen LogP contribution < -0.4 is 0 Å². The van der Waals surface area contributed by atoms with E-state index in [1.54, 1.807) is 0 Å². The molecule has 2 aromatic rings. The molecule has 0 aliphatic carbocycles. The molecule has 2 heterocycles. The Kier molecular flexibility index (Phi) is 5.78. The van der Waals surface area contributed by atoms with Gasteiger partial charge in [-0.25, -0.2) is 0 Å². The van der Waals surface area contributed by atoms with Crippen LogP contribution in [0.2, 0.25) is 0 Å². The van der Waals surface area contributed by atoms with E-state index in [0.29, 0.717) is 17.6 Å². The zero-order valence-electron chi connectivity index (χ0n) is 15.2. The van der Waals surface area contributed by atoms with Crippen molar-refractivity contribution in [3.8, 4) is 0 Å². The Morgan fingerprint density at radius 2 is 1.84 bits per heavy atom. The van der Waals surface area contributed by atoms with E-state index in [0.717, 1.165) is 30.6 Å². The highest BCUT2D eigenvalue weighted by atomic mass is 32.2. The van der Waals surface area contributed by atoms with Crippen LogP contribution in [0.15, 0.2) is 35.5 Å². The van der Waals surface area contributed by atoms with Gasteiger partial charge in [0.15, 0.2) is 5.16 Å². The Bertz CT molecular complexity index is 705. The van der Waals surface area contributed by atoms with Gasteiger partial charge >= 0.3 is 0 Å². The number of carbonyl (C=O) groups excluding carboxylic acids is 1. The largest absolute Gasteiger partial charge is 0.341 e. The Hall–Kier alpha value is -1.82. The van der Waals surface area contributed by atoms with Crippen molar-refractivity contribution in [1.29, 1.82) is 0 Å². The first-order valence-corrected chi connectivity index (χ1v) is 9.85. The number of carbonyl (C=O) groups is 1. The molecule has 1 aliphatic rings. The lowest BCUT2D eigenvalue weighted by atomic mass is 9.92. The van der Waals surface area contributed by atoms with Crippen LogP contribution in [0.4, 0.5) is 0 Å². The van der Waals surface area contributed by atoms with Gasteiger partial charge in [-0.1, -0.05) is 55.9 Å². The highest BCUT2D eigenvalue weighted by Gasteiger charge is 2.25. The van der Waals surface area contributed by atoms with Gasteiger partial charge in [0.1, 0.15) is 5.82 Å². The average molecular weight is 359 g/mol. The molecular weight excluding hydrogens is 332 g/mol. The molecule has 1 aromatic carbocycles. The summed E-state index contributed by atoms with van der Waals surface area (Å²) in [5, 5.41) is 9.27. The SMILES string of the molecule is Cc1nnc(SCC(=O)N2C[C@@H](C)C[C@H](C)C2)n1Cc1ccccc1. The van der Waals surface area contributed by atoms with Crippen molar-refractivity contribution >= 4 is 17.7 Å². The Labute approximate surface area is 153 Å². The van der Waals surface area contributed by atoms with Crippen LogP contribution in [-0.2, 0) is 11.3 Å². The first-order valence-electron chi connectivity index (χ1n) is 8.87. The molecule has 0 unspecified atom stereocenters. The monoisotopic (exact) mass is 358 g/mol. The molecule has 134 valence electrons. The van der Waals surface area contributed by atoms with E-state index in [-0.39, 0.29) is 5.91 Å².